The van der Waals surface area contributed by atoms with Crippen molar-refractivity contribution in [1.29, 1.82) is 0 Å². The third-order valence-electron chi connectivity index (χ3n) is 4.50. The van der Waals surface area contributed by atoms with Gasteiger partial charge in [-0.05, 0) is 30.3 Å². The van der Waals surface area contributed by atoms with E-state index in [1.165, 1.54) is 0 Å². The SMILES string of the molecule is O=C(Cc1csc(-n2cccc2)n1)N1CCN(c2cccc(Cl)c2)CC1. The number of carbonyl (C=O) groups is 1. The molecule has 1 amide bonds. The summed E-state index contributed by atoms with van der Waals surface area (Å²) >= 11 is 7.63. The van der Waals surface area contributed by atoms with Crippen LogP contribution >= 0.6 is 22.9 Å². The molecule has 3 aromatic rings. The summed E-state index contributed by atoms with van der Waals surface area (Å²) in [4.78, 5) is 21.4. The molecule has 5 nitrogen and oxygen atoms in total. The van der Waals surface area contributed by atoms with Gasteiger partial charge in [-0.1, -0.05) is 17.7 Å². The minimum atomic E-state index is 0.139. The number of halogens is 1. The van der Waals surface area contributed by atoms with Crippen molar-refractivity contribution in [2.75, 3.05) is 31.1 Å². The Morgan fingerprint density at radius 1 is 1.12 bits per heavy atom. The van der Waals surface area contributed by atoms with E-state index in [0.717, 1.165) is 47.7 Å². The molecule has 3 heterocycles. The van der Waals surface area contributed by atoms with Gasteiger partial charge in [-0.25, -0.2) is 4.98 Å². The number of benzene rings is 1. The van der Waals surface area contributed by atoms with Crippen molar-refractivity contribution in [3.63, 3.8) is 0 Å². The number of amides is 1. The van der Waals surface area contributed by atoms with Gasteiger partial charge in [-0.15, -0.1) is 11.3 Å². The van der Waals surface area contributed by atoms with Crippen molar-refractivity contribution < 1.29 is 4.79 Å². The molecule has 2 aromatic heterocycles. The lowest BCUT2D eigenvalue weighted by Gasteiger charge is -2.36. The Morgan fingerprint density at radius 3 is 2.62 bits per heavy atom. The molecule has 1 aromatic carbocycles. The van der Waals surface area contributed by atoms with Gasteiger partial charge in [0.1, 0.15) is 0 Å². The van der Waals surface area contributed by atoms with E-state index in [4.69, 9.17) is 11.6 Å². The first kappa shape index (κ1) is 17.1. The average Bonchev–Trinajstić information content (AvgIpc) is 3.33. The van der Waals surface area contributed by atoms with E-state index in [-0.39, 0.29) is 5.91 Å². The molecule has 1 aliphatic rings. The number of nitrogens with zero attached hydrogens (tertiary/aromatic N) is 4. The number of hydrogen-bond donors (Lipinski definition) is 0. The van der Waals surface area contributed by atoms with E-state index in [9.17, 15) is 4.79 Å². The van der Waals surface area contributed by atoms with Crippen molar-refractivity contribution in [3.8, 4) is 5.13 Å². The predicted octanol–water partition coefficient (Wildman–Crippen LogP) is 3.48. The van der Waals surface area contributed by atoms with Crippen molar-refractivity contribution in [3.05, 3.63) is 64.9 Å². The second-order valence-electron chi connectivity index (χ2n) is 6.24. The van der Waals surface area contributed by atoms with Crippen LogP contribution in [-0.4, -0.2) is 46.5 Å². The normalized spacial score (nSPS) is 14.7. The van der Waals surface area contributed by atoms with Crippen molar-refractivity contribution >= 4 is 34.5 Å². The van der Waals surface area contributed by atoms with Crippen molar-refractivity contribution in [1.82, 2.24) is 14.5 Å². The standard InChI is InChI=1S/C19H19ClN4OS/c20-15-4-3-5-17(12-15)22-8-10-23(11-9-22)18(25)13-16-14-26-19(21-16)24-6-1-2-7-24/h1-7,12,14H,8-11,13H2. The maximum Gasteiger partial charge on any atom is 0.228 e. The average molecular weight is 387 g/mol. The van der Waals surface area contributed by atoms with Crippen LogP contribution < -0.4 is 4.90 Å². The molecule has 0 unspecified atom stereocenters. The summed E-state index contributed by atoms with van der Waals surface area (Å²) < 4.78 is 1.96. The highest BCUT2D eigenvalue weighted by molar-refractivity contribution is 7.12. The zero-order chi connectivity index (χ0) is 17.9. The molecule has 0 N–H and O–H groups in total. The molecule has 1 fully saturated rings. The zero-order valence-corrected chi connectivity index (χ0v) is 15.8. The van der Waals surface area contributed by atoms with Gasteiger partial charge in [0, 0.05) is 54.7 Å². The minimum Gasteiger partial charge on any atom is -0.368 e. The van der Waals surface area contributed by atoms with Crippen LogP contribution in [0.15, 0.2) is 54.2 Å². The Morgan fingerprint density at radius 2 is 1.88 bits per heavy atom. The second-order valence-corrected chi connectivity index (χ2v) is 7.51. The van der Waals surface area contributed by atoms with Crippen LogP contribution in [0.4, 0.5) is 5.69 Å². The first-order valence-corrected chi connectivity index (χ1v) is 9.81. The molecule has 134 valence electrons. The highest BCUT2D eigenvalue weighted by Crippen LogP contribution is 2.21. The fraction of sp³-hybridized carbons (Fsp3) is 0.263. The third kappa shape index (κ3) is 3.76. The Kier molecular flexibility index (Phi) is 4.95. The lowest BCUT2D eigenvalue weighted by atomic mass is 10.2. The minimum absolute atomic E-state index is 0.139. The van der Waals surface area contributed by atoms with Gasteiger partial charge in [0.25, 0.3) is 0 Å². The van der Waals surface area contributed by atoms with E-state index in [2.05, 4.69) is 16.0 Å². The molecule has 7 heteroatoms. The van der Waals surface area contributed by atoms with Gasteiger partial charge in [0.05, 0.1) is 12.1 Å². The maximum atomic E-state index is 12.6. The van der Waals surface area contributed by atoms with Crippen LogP contribution in [0.25, 0.3) is 5.13 Å². The smallest absolute Gasteiger partial charge is 0.228 e. The molecule has 1 aliphatic heterocycles. The molecule has 0 radical (unpaired) electrons. The number of thiazole rings is 1. The number of anilines is 1. The van der Waals surface area contributed by atoms with E-state index >= 15 is 0 Å². The molecule has 0 spiro atoms. The molecule has 0 bridgehead atoms. The molecule has 0 aliphatic carbocycles. The summed E-state index contributed by atoms with van der Waals surface area (Å²) in [5.41, 5.74) is 1.95. The highest BCUT2D eigenvalue weighted by Gasteiger charge is 2.22. The van der Waals surface area contributed by atoms with Crippen molar-refractivity contribution in [2.45, 2.75) is 6.42 Å². The van der Waals surface area contributed by atoms with Crippen LogP contribution in [0.3, 0.4) is 0 Å². The molecular formula is C19H19ClN4OS. The lowest BCUT2D eigenvalue weighted by Crippen LogP contribution is -2.49. The Balaban J connectivity index is 1.34. The first-order chi connectivity index (χ1) is 12.7. The largest absolute Gasteiger partial charge is 0.368 e. The Hall–Kier alpha value is -2.31. The van der Waals surface area contributed by atoms with Gasteiger partial charge >= 0.3 is 0 Å². The first-order valence-electron chi connectivity index (χ1n) is 8.55. The summed E-state index contributed by atoms with van der Waals surface area (Å²) in [5.74, 6) is 0.139. The van der Waals surface area contributed by atoms with E-state index < -0.39 is 0 Å². The van der Waals surface area contributed by atoms with Gasteiger partial charge in [-0.2, -0.15) is 0 Å². The number of rotatable bonds is 4. The summed E-state index contributed by atoms with van der Waals surface area (Å²) in [5, 5.41) is 3.60. The number of hydrogen-bond acceptors (Lipinski definition) is 4. The fourth-order valence-electron chi connectivity index (χ4n) is 3.11. The molecule has 0 saturated carbocycles. The van der Waals surface area contributed by atoms with E-state index in [1.54, 1.807) is 11.3 Å². The molecule has 1 saturated heterocycles. The highest BCUT2D eigenvalue weighted by atomic mass is 35.5. The van der Waals surface area contributed by atoms with Crippen LogP contribution in [0.1, 0.15) is 5.69 Å². The Labute approximate surface area is 161 Å². The zero-order valence-electron chi connectivity index (χ0n) is 14.2. The molecular weight excluding hydrogens is 368 g/mol. The van der Waals surface area contributed by atoms with Gasteiger partial charge in [0.2, 0.25) is 5.91 Å². The van der Waals surface area contributed by atoms with Crippen LogP contribution in [-0.2, 0) is 11.2 Å². The van der Waals surface area contributed by atoms with Gasteiger partial charge in [-0.3, -0.25) is 4.79 Å². The summed E-state index contributed by atoms with van der Waals surface area (Å²) in [6.07, 6.45) is 4.27. The second kappa shape index (κ2) is 7.51. The van der Waals surface area contributed by atoms with Crippen LogP contribution in [0, 0.1) is 0 Å². The van der Waals surface area contributed by atoms with Crippen LogP contribution in [0.2, 0.25) is 5.02 Å². The number of carbonyl (C=O) groups excluding carboxylic acids is 1. The fourth-order valence-corrected chi connectivity index (χ4v) is 4.09. The van der Waals surface area contributed by atoms with Crippen LogP contribution in [0.5, 0.6) is 0 Å². The van der Waals surface area contributed by atoms with E-state index in [1.807, 2.05) is 57.6 Å². The topological polar surface area (TPSA) is 41.4 Å². The maximum absolute atomic E-state index is 12.6. The van der Waals surface area contributed by atoms with E-state index in [0.29, 0.717) is 6.42 Å². The molecule has 0 atom stereocenters. The third-order valence-corrected chi connectivity index (χ3v) is 5.64. The summed E-state index contributed by atoms with van der Waals surface area (Å²) in [6.45, 7) is 3.08. The number of piperazine rings is 1. The summed E-state index contributed by atoms with van der Waals surface area (Å²) in [6, 6.07) is 11.8. The van der Waals surface area contributed by atoms with Gasteiger partial charge in [0.15, 0.2) is 5.13 Å². The quantitative estimate of drug-likeness (QED) is 0.689. The predicted molar refractivity (Wildman–Crippen MR) is 105 cm³/mol. The summed E-state index contributed by atoms with van der Waals surface area (Å²) in [7, 11) is 0. The molecule has 26 heavy (non-hydrogen) atoms. The monoisotopic (exact) mass is 386 g/mol. The van der Waals surface area contributed by atoms with Crippen molar-refractivity contribution in [2.24, 2.45) is 0 Å². The lowest BCUT2D eigenvalue weighted by molar-refractivity contribution is -0.130. The van der Waals surface area contributed by atoms with Gasteiger partial charge < -0.3 is 14.4 Å². The molecule has 4 rings (SSSR count). The Bertz CT molecular complexity index is 885. The number of aromatic nitrogens is 2.